The summed E-state index contributed by atoms with van der Waals surface area (Å²) in [5.41, 5.74) is 3.43. The van der Waals surface area contributed by atoms with Gasteiger partial charge in [-0.15, -0.1) is 11.6 Å². The van der Waals surface area contributed by atoms with E-state index < -0.39 is 0 Å². The van der Waals surface area contributed by atoms with Crippen LogP contribution in [0.5, 0.6) is 0 Å². The van der Waals surface area contributed by atoms with Crippen LogP contribution in [0.3, 0.4) is 0 Å². The number of alkyl halides is 1. The molecule has 21 heavy (non-hydrogen) atoms. The van der Waals surface area contributed by atoms with Gasteiger partial charge in [0.1, 0.15) is 11.3 Å². The van der Waals surface area contributed by atoms with Crippen molar-refractivity contribution in [2.24, 2.45) is 5.41 Å². The second-order valence-corrected chi connectivity index (χ2v) is 7.66. The van der Waals surface area contributed by atoms with Crippen molar-refractivity contribution in [3.63, 3.8) is 0 Å². The van der Waals surface area contributed by atoms with Gasteiger partial charge < -0.3 is 4.57 Å². The minimum atomic E-state index is -0.101. The molecule has 1 aliphatic rings. The summed E-state index contributed by atoms with van der Waals surface area (Å²) >= 11 is 6.43. The number of hydrogen-bond acceptors (Lipinski definition) is 2. The largest absolute Gasteiger partial charge is 0.308 e. The topological polar surface area (TPSA) is 30.7 Å². The highest BCUT2D eigenvalue weighted by Gasteiger charge is 2.36. The Morgan fingerprint density at radius 1 is 1.38 bits per heavy atom. The molecule has 0 bridgehead atoms. The summed E-state index contributed by atoms with van der Waals surface area (Å²) in [7, 11) is 0. The number of pyridine rings is 1. The number of fused-ring (bicyclic) bond motifs is 1. The molecule has 0 aromatic carbocycles. The smallest absolute Gasteiger partial charge is 0.160 e. The third kappa shape index (κ3) is 2.46. The Kier molecular flexibility index (Phi) is 3.73. The molecule has 0 amide bonds. The molecular formula is C17H24ClN3. The van der Waals surface area contributed by atoms with Crippen LogP contribution in [0.25, 0.3) is 11.2 Å². The first-order chi connectivity index (χ1) is 9.92. The Labute approximate surface area is 131 Å². The first kappa shape index (κ1) is 14.8. The average molecular weight is 306 g/mol. The summed E-state index contributed by atoms with van der Waals surface area (Å²) in [4.78, 5) is 9.45. The molecular weight excluding hydrogens is 282 g/mol. The van der Waals surface area contributed by atoms with Crippen molar-refractivity contribution >= 4 is 22.8 Å². The van der Waals surface area contributed by atoms with E-state index in [1.54, 1.807) is 0 Å². The van der Waals surface area contributed by atoms with E-state index in [0.717, 1.165) is 17.0 Å². The van der Waals surface area contributed by atoms with Crippen molar-refractivity contribution in [1.82, 2.24) is 14.5 Å². The van der Waals surface area contributed by atoms with Crippen LogP contribution in [0.15, 0.2) is 12.3 Å². The molecule has 0 saturated heterocycles. The molecule has 0 radical (unpaired) electrons. The standard InChI is InChI=1S/C17H24ClN3/c1-11-8-10-19-16-14(11)20-15(12(2)18)21(16)13-7-5-6-9-17(13,3)4/h8,10,12-13H,5-7,9H2,1-4H3. The predicted octanol–water partition coefficient (Wildman–Crippen LogP) is 5.18. The molecule has 3 rings (SSSR count). The summed E-state index contributed by atoms with van der Waals surface area (Å²) in [6, 6.07) is 2.45. The maximum atomic E-state index is 6.43. The van der Waals surface area contributed by atoms with Crippen LogP contribution in [0, 0.1) is 12.3 Å². The van der Waals surface area contributed by atoms with Crippen molar-refractivity contribution in [3.05, 3.63) is 23.7 Å². The van der Waals surface area contributed by atoms with Crippen LogP contribution in [0.2, 0.25) is 0 Å². The fraction of sp³-hybridized carbons (Fsp3) is 0.647. The zero-order chi connectivity index (χ0) is 15.2. The number of rotatable bonds is 2. The van der Waals surface area contributed by atoms with Crippen LogP contribution < -0.4 is 0 Å². The van der Waals surface area contributed by atoms with E-state index in [9.17, 15) is 0 Å². The van der Waals surface area contributed by atoms with Gasteiger partial charge in [0.25, 0.3) is 0 Å². The van der Waals surface area contributed by atoms with Gasteiger partial charge >= 0.3 is 0 Å². The Morgan fingerprint density at radius 2 is 2.14 bits per heavy atom. The lowest BCUT2D eigenvalue weighted by molar-refractivity contribution is 0.144. The second kappa shape index (κ2) is 5.28. The molecule has 1 saturated carbocycles. The zero-order valence-electron chi connectivity index (χ0n) is 13.4. The molecule has 4 heteroatoms. The highest BCUT2D eigenvalue weighted by atomic mass is 35.5. The lowest BCUT2D eigenvalue weighted by Crippen LogP contribution is -2.31. The highest BCUT2D eigenvalue weighted by Crippen LogP contribution is 2.46. The molecule has 114 valence electrons. The molecule has 2 aromatic heterocycles. The molecule has 1 aliphatic carbocycles. The summed E-state index contributed by atoms with van der Waals surface area (Å²) in [6.45, 7) is 8.82. The van der Waals surface area contributed by atoms with Crippen molar-refractivity contribution in [1.29, 1.82) is 0 Å². The monoisotopic (exact) mass is 305 g/mol. The van der Waals surface area contributed by atoms with Crippen molar-refractivity contribution in [2.75, 3.05) is 0 Å². The maximum absolute atomic E-state index is 6.43. The van der Waals surface area contributed by atoms with Gasteiger partial charge in [0.15, 0.2) is 5.65 Å². The predicted molar refractivity (Wildman–Crippen MR) is 87.8 cm³/mol. The SMILES string of the molecule is Cc1ccnc2c1nc(C(C)Cl)n2C1CCCCC1(C)C. The molecule has 2 heterocycles. The normalized spacial score (nSPS) is 23.4. The minimum absolute atomic E-state index is 0.101. The van der Waals surface area contributed by atoms with Crippen molar-refractivity contribution in [3.8, 4) is 0 Å². The van der Waals surface area contributed by atoms with Gasteiger partial charge in [-0.25, -0.2) is 9.97 Å². The summed E-state index contributed by atoms with van der Waals surface area (Å²) < 4.78 is 2.33. The number of nitrogens with zero attached hydrogens (tertiary/aromatic N) is 3. The van der Waals surface area contributed by atoms with E-state index in [-0.39, 0.29) is 10.8 Å². The quantitative estimate of drug-likeness (QED) is 0.716. The Balaban J connectivity index is 2.24. The van der Waals surface area contributed by atoms with E-state index in [1.807, 2.05) is 19.2 Å². The molecule has 0 N–H and O–H groups in total. The fourth-order valence-corrected chi connectivity index (χ4v) is 3.82. The first-order valence-corrected chi connectivity index (χ1v) is 8.33. The molecule has 2 aromatic rings. The molecule has 0 spiro atoms. The number of aryl methyl sites for hydroxylation is 1. The van der Waals surface area contributed by atoms with Gasteiger partial charge in [-0.1, -0.05) is 26.7 Å². The lowest BCUT2D eigenvalue weighted by atomic mass is 9.73. The van der Waals surface area contributed by atoms with Crippen molar-refractivity contribution < 1.29 is 0 Å². The van der Waals surface area contributed by atoms with Gasteiger partial charge in [-0.3, -0.25) is 0 Å². The minimum Gasteiger partial charge on any atom is -0.308 e. The third-order valence-electron chi connectivity index (χ3n) is 4.93. The van der Waals surface area contributed by atoms with E-state index in [2.05, 4.69) is 30.3 Å². The second-order valence-electron chi connectivity index (χ2n) is 7.01. The van der Waals surface area contributed by atoms with Crippen LogP contribution in [0.1, 0.15) is 69.3 Å². The molecule has 2 atom stereocenters. The van der Waals surface area contributed by atoms with E-state index in [0.29, 0.717) is 6.04 Å². The summed E-state index contributed by atoms with van der Waals surface area (Å²) in [5.74, 6) is 0.966. The number of halogens is 1. The van der Waals surface area contributed by atoms with Gasteiger partial charge in [0.05, 0.1) is 5.38 Å². The van der Waals surface area contributed by atoms with Crippen molar-refractivity contribution in [2.45, 2.75) is 64.8 Å². The average Bonchev–Trinajstić information content (AvgIpc) is 2.79. The first-order valence-electron chi connectivity index (χ1n) is 7.89. The van der Waals surface area contributed by atoms with E-state index >= 15 is 0 Å². The lowest BCUT2D eigenvalue weighted by Gasteiger charge is -2.40. The summed E-state index contributed by atoms with van der Waals surface area (Å²) in [5, 5.41) is -0.101. The number of hydrogen-bond donors (Lipinski definition) is 0. The Hall–Kier alpha value is -1.09. The van der Waals surface area contributed by atoms with E-state index in [4.69, 9.17) is 16.6 Å². The van der Waals surface area contributed by atoms with Crippen LogP contribution in [-0.2, 0) is 0 Å². The molecule has 2 unspecified atom stereocenters. The van der Waals surface area contributed by atoms with E-state index in [1.165, 1.54) is 31.2 Å². The van der Waals surface area contributed by atoms with Gasteiger partial charge in [-0.05, 0) is 43.7 Å². The fourth-order valence-electron chi connectivity index (χ4n) is 3.67. The zero-order valence-corrected chi connectivity index (χ0v) is 14.1. The number of aromatic nitrogens is 3. The van der Waals surface area contributed by atoms with Crippen LogP contribution in [0.4, 0.5) is 0 Å². The Bertz CT molecular complexity index is 657. The molecule has 3 nitrogen and oxygen atoms in total. The highest BCUT2D eigenvalue weighted by molar-refractivity contribution is 6.20. The maximum Gasteiger partial charge on any atom is 0.160 e. The number of imidazole rings is 1. The van der Waals surface area contributed by atoms with Gasteiger partial charge in [0.2, 0.25) is 0 Å². The Morgan fingerprint density at radius 3 is 2.81 bits per heavy atom. The summed E-state index contributed by atoms with van der Waals surface area (Å²) in [6.07, 6.45) is 6.91. The molecule has 0 aliphatic heterocycles. The third-order valence-corrected chi connectivity index (χ3v) is 5.12. The van der Waals surface area contributed by atoms with Gasteiger partial charge in [-0.2, -0.15) is 0 Å². The van der Waals surface area contributed by atoms with Crippen LogP contribution >= 0.6 is 11.6 Å². The van der Waals surface area contributed by atoms with Crippen LogP contribution in [-0.4, -0.2) is 14.5 Å². The van der Waals surface area contributed by atoms with Gasteiger partial charge in [0, 0.05) is 12.2 Å². The molecule has 1 fully saturated rings.